The van der Waals surface area contributed by atoms with Crippen LogP contribution in [0.5, 0.6) is 0 Å². The first-order valence-electron chi connectivity index (χ1n) is 10.8. The Morgan fingerprint density at radius 1 is 1.18 bits per heavy atom. The van der Waals surface area contributed by atoms with Gasteiger partial charge in [-0.2, -0.15) is 0 Å². The zero-order chi connectivity index (χ0) is 23.5. The third kappa shape index (κ3) is 4.34. The van der Waals surface area contributed by atoms with Crippen LogP contribution in [0.25, 0.3) is 16.2 Å². The average molecular weight is 498 g/mol. The lowest BCUT2D eigenvalue weighted by Gasteiger charge is -2.38. The lowest BCUT2D eigenvalue weighted by molar-refractivity contribution is 0.150. The number of hydrogen-bond acceptors (Lipinski definition) is 8. The van der Waals surface area contributed by atoms with Gasteiger partial charge in [0.15, 0.2) is 10.0 Å². The normalized spacial score (nSPS) is 25.8. The second kappa shape index (κ2) is 8.22. The molecule has 2 aliphatic rings. The van der Waals surface area contributed by atoms with Gasteiger partial charge in [-0.3, -0.25) is 4.40 Å². The van der Waals surface area contributed by atoms with Gasteiger partial charge in [0.05, 0.1) is 10.4 Å². The Balaban J connectivity index is 1.65. The topological polar surface area (TPSA) is 105 Å². The summed E-state index contributed by atoms with van der Waals surface area (Å²) in [6.45, 7) is 7.50. The van der Waals surface area contributed by atoms with Gasteiger partial charge in [0.1, 0.15) is 17.8 Å². The van der Waals surface area contributed by atoms with Crippen molar-refractivity contribution in [2.45, 2.75) is 56.6 Å². The van der Waals surface area contributed by atoms with Gasteiger partial charge < -0.3 is 10.2 Å². The van der Waals surface area contributed by atoms with Crippen molar-refractivity contribution in [1.82, 2.24) is 29.6 Å². The highest BCUT2D eigenvalue weighted by Crippen LogP contribution is 2.35. The van der Waals surface area contributed by atoms with Crippen molar-refractivity contribution < 1.29 is 17.2 Å². The Labute approximate surface area is 194 Å². The van der Waals surface area contributed by atoms with Crippen LogP contribution >= 0.6 is 11.3 Å². The summed E-state index contributed by atoms with van der Waals surface area (Å²) in [6, 6.07) is 3.52. The molecule has 1 aliphatic carbocycles. The van der Waals surface area contributed by atoms with Crippen LogP contribution in [0, 0.1) is 5.92 Å². The molecule has 1 saturated carbocycles. The van der Waals surface area contributed by atoms with E-state index < -0.39 is 21.5 Å². The first kappa shape index (κ1) is 22.6. The molecule has 2 N–H and O–H groups in total. The predicted octanol–water partition coefficient (Wildman–Crippen LogP) is 2.66. The summed E-state index contributed by atoms with van der Waals surface area (Å²) in [5.41, 5.74) is 0.807. The minimum Gasteiger partial charge on any atom is -0.355 e. The van der Waals surface area contributed by atoms with Crippen LogP contribution in [0.3, 0.4) is 0 Å². The Morgan fingerprint density at radius 3 is 2.48 bits per heavy atom. The quantitative estimate of drug-likeness (QED) is 0.540. The van der Waals surface area contributed by atoms with E-state index in [1.54, 1.807) is 16.8 Å². The van der Waals surface area contributed by atoms with Crippen molar-refractivity contribution >= 4 is 32.7 Å². The number of imidazole rings is 1. The molecule has 1 saturated heterocycles. The highest BCUT2D eigenvalue weighted by Gasteiger charge is 2.37. The Hall–Kier alpha value is -2.22. The first-order valence-corrected chi connectivity index (χ1v) is 13.1. The third-order valence-electron chi connectivity index (χ3n) is 6.04. The molecular formula is C20H25F2N7O2S2. The van der Waals surface area contributed by atoms with Gasteiger partial charge in [0, 0.05) is 31.2 Å². The molecule has 9 nitrogen and oxygen atoms in total. The highest BCUT2D eigenvalue weighted by atomic mass is 32.2. The van der Waals surface area contributed by atoms with E-state index in [0.717, 1.165) is 17.8 Å². The molecule has 178 valence electrons. The van der Waals surface area contributed by atoms with Crippen LogP contribution in [-0.2, 0) is 10.0 Å². The van der Waals surface area contributed by atoms with Gasteiger partial charge in [0.2, 0.25) is 10.0 Å². The number of pyridine rings is 1. The summed E-state index contributed by atoms with van der Waals surface area (Å²) in [5, 5.41) is 10.7. The number of halogens is 2. The van der Waals surface area contributed by atoms with E-state index in [1.807, 2.05) is 6.92 Å². The van der Waals surface area contributed by atoms with E-state index >= 15 is 0 Å². The van der Waals surface area contributed by atoms with Crippen LogP contribution in [0.1, 0.15) is 38.6 Å². The molecule has 1 aliphatic heterocycles. The number of rotatable bonds is 6. The Kier molecular flexibility index (Phi) is 5.62. The van der Waals surface area contributed by atoms with Gasteiger partial charge in [-0.05, 0) is 38.3 Å². The molecule has 0 spiro atoms. The fraction of sp³-hybridized carbons (Fsp3) is 0.550. The number of anilines is 1. The van der Waals surface area contributed by atoms with E-state index in [-0.39, 0.29) is 28.0 Å². The average Bonchev–Trinajstić information content (AvgIpc) is 3.12. The van der Waals surface area contributed by atoms with E-state index in [9.17, 15) is 17.2 Å². The molecular weight excluding hydrogens is 472 g/mol. The number of nitrogens with zero attached hydrogens (tertiary/aromatic N) is 5. The molecule has 4 atom stereocenters. The molecule has 2 unspecified atom stereocenters. The molecule has 33 heavy (non-hydrogen) atoms. The fourth-order valence-corrected chi connectivity index (χ4v) is 6.40. The SMILES string of the molecule is CC1CC1NS(=O)(=O)c1cc(N2C[C@H](C)N[C@@H](C)C2)n2cnc(-c3nnc(C(F)F)s3)c2c1. The lowest BCUT2D eigenvalue weighted by atomic mass is 10.1. The van der Waals surface area contributed by atoms with Crippen LogP contribution < -0.4 is 14.9 Å². The molecule has 0 radical (unpaired) electrons. The number of hydrogen-bond donors (Lipinski definition) is 2. The zero-order valence-electron chi connectivity index (χ0n) is 18.4. The fourth-order valence-electron chi connectivity index (χ4n) is 4.30. The molecule has 5 rings (SSSR count). The van der Waals surface area contributed by atoms with E-state index in [1.165, 1.54) is 6.07 Å². The summed E-state index contributed by atoms with van der Waals surface area (Å²) < 4.78 is 57.1. The molecule has 0 amide bonds. The molecule has 4 heterocycles. The molecule has 0 bridgehead atoms. The smallest absolute Gasteiger partial charge is 0.291 e. The number of alkyl halides is 2. The number of piperazine rings is 1. The predicted molar refractivity (Wildman–Crippen MR) is 121 cm³/mol. The number of nitrogens with one attached hydrogen (secondary N) is 2. The molecule has 0 aromatic carbocycles. The van der Waals surface area contributed by atoms with Gasteiger partial charge in [-0.1, -0.05) is 18.3 Å². The van der Waals surface area contributed by atoms with Crippen molar-refractivity contribution in [2.24, 2.45) is 5.92 Å². The van der Waals surface area contributed by atoms with Gasteiger partial charge in [-0.15, -0.1) is 10.2 Å². The lowest BCUT2D eigenvalue weighted by Crippen LogP contribution is -2.54. The van der Waals surface area contributed by atoms with Gasteiger partial charge >= 0.3 is 0 Å². The minimum atomic E-state index is -3.78. The van der Waals surface area contributed by atoms with Crippen molar-refractivity contribution in [1.29, 1.82) is 0 Å². The van der Waals surface area contributed by atoms with E-state index in [0.29, 0.717) is 36.0 Å². The summed E-state index contributed by atoms with van der Waals surface area (Å²) in [6.07, 6.45) is -0.348. The number of aromatic nitrogens is 4. The molecule has 3 aromatic rings. The summed E-state index contributed by atoms with van der Waals surface area (Å²) in [7, 11) is -3.78. The Bertz CT molecular complexity index is 1280. The molecule has 2 fully saturated rings. The van der Waals surface area contributed by atoms with Crippen LogP contribution in [-0.4, -0.2) is 59.2 Å². The van der Waals surface area contributed by atoms with Crippen molar-refractivity contribution in [3.05, 3.63) is 23.5 Å². The minimum absolute atomic E-state index is 0.0740. The standard InChI is InChI=1S/C20H25F2N7O2S2/c1-10-4-14(10)27-33(30,31)13-5-15-17(19-25-26-20(32-19)18(21)22)23-9-29(15)16(6-13)28-7-11(2)24-12(3)8-28/h5-6,9-12,14,18,24,27H,4,7-8H2,1-3H3/t10?,11-,12-,14?/m0/s1. The Morgan fingerprint density at radius 2 is 1.88 bits per heavy atom. The monoisotopic (exact) mass is 497 g/mol. The van der Waals surface area contributed by atoms with Crippen molar-refractivity contribution in [3.63, 3.8) is 0 Å². The van der Waals surface area contributed by atoms with E-state index in [4.69, 9.17) is 0 Å². The first-order chi connectivity index (χ1) is 15.6. The van der Waals surface area contributed by atoms with Crippen LogP contribution in [0.15, 0.2) is 23.4 Å². The maximum absolute atomic E-state index is 13.2. The van der Waals surface area contributed by atoms with E-state index in [2.05, 4.69) is 44.0 Å². The maximum Gasteiger partial charge on any atom is 0.291 e. The maximum atomic E-state index is 13.2. The largest absolute Gasteiger partial charge is 0.355 e. The third-order valence-corrected chi connectivity index (χ3v) is 8.45. The molecule has 13 heteroatoms. The second-order valence-electron chi connectivity index (χ2n) is 8.96. The summed E-state index contributed by atoms with van der Waals surface area (Å²) >= 11 is 0.753. The van der Waals surface area contributed by atoms with Crippen LogP contribution in [0.2, 0.25) is 0 Å². The number of sulfonamides is 1. The van der Waals surface area contributed by atoms with Gasteiger partial charge in [-0.25, -0.2) is 26.9 Å². The number of fused-ring (bicyclic) bond motifs is 1. The summed E-state index contributed by atoms with van der Waals surface area (Å²) in [4.78, 5) is 6.64. The van der Waals surface area contributed by atoms with Crippen molar-refractivity contribution in [2.75, 3.05) is 18.0 Å². The van der Waals surface area contributed by atoms with Crippen molar-refractivity contribution in [3.8, 4) is 10.7 Å². The highest BCUT2D eigenvalue weighted by molar-refractivity contribution is 7.89. The van der Waals surface area contributed by atoms with Crippen LogP contribution in [0.4, 0.5) is 14.6 Å². The zero-order valence-corrected chi connectivity index (χ0v) is 20.0. The summed E-state index contributed by atoms with van der Waals surface area (Å²) in [5.74, 6) is 0.979. The molecule has 3 aromatic heterocycles. The van der Waals surface area contributed by atoms with Gasteiger partial charge in [0.25, 0.3) is 6.43 Å². The second-order valence-corrected chi connectivity index (χ2v) is 11.7.